The number of fused-ring (bicyclic) bond motifs is 2. The van der Waals surface area contributed by atoms with Crippen LogP contribution in [0.5, 0.6) is 0 Å². The van der Waals surface area contributed by atoms with E-state index in [1.54, 1.807) is 12.1 Å². The Morgan fingerprint density at radius 1 is 1.23 bits per heavy atom. The zero-order valence-electron chi connectivity index (χ0n) is 12.3. The van der Waals surface area contributed by atoms with Crippen molar-refractivity contribution >= 4 is 5.91 Å². The third kappa shape index (κ3) is 2.44. The van der Waals surface area contributed by atoms with E-state index in [-0.39, 0.29) is 29.8 Å². The van der Waals surface area contributed by atoms with E-state index in [1.807, 2.05) is 11.0 Å². The predicted molar refractivity (Wildman–Crippen MR) is 79.4 cm³/mol. The molecule has 2 bridgehead atoms. The Labute approximate surface area is 129 Å². The molecule has 0 aromatic heterocycles. The van der Waals surface area contributed by atoms with Gasteiger partial charge in [-0.2, -0.15) is 0 Å². The molecular formula is C17H19FN2O2. The fraction of sp³-hybridized carbons (Fsp3) is 0.471. The quantitative estimate of drug-likeness (QED) is 0.800. The van der Waals surface area contributed by atoms with E-state index in [2.05, 4.69) is 11.0 Å². The highest BCUT2D eigenvalue weighted by Crippen LogP contribution is 2.33. The molecule has 0 N–H and O–H groups in total. The predicted octanol–water partition coefficient (Wildman–Crippen LogP) is 1.94. The van der Waals surface area contributed by atoms with E-state index in [1.165, 1.54) is 12.1 Å². The molecule has 1 amide bonds. The minimum atomic E-state index is -0.234. The molecule has 5 heteroatoms. The third-order valence-corrected chi connectivity index (χ3v) is 4.81. The molecule has 3 unspecified atom stereocenters. The first kappa shape index (κ1) is 13.9. The Hall–Kier alpha value is -1.72. The van der Waals surface area contributed by atoms with Crippen molar-refractivity contribution in [2.45, 2.75) is 18.6 Å². The minimum absolute atomic E-state index is 0.0558. The van der Waals surface area contributed by atoms with Gasteiger partial charge in [0, 0.05) is 13.1 Å². The standard InChI is InChI=1S/C17H19FN2O2/c18-14-4-1-12(2-5-14)16-10-19(7-8-22-16)11-20-15-6-3-13(9-15)17(20)21/h1-6,13,15-16H,7-11H2. The summed E-state index contributed by atoms with van der Waals surface area (Å²) in [5, 5.41) is 0. The average Bonchev–Trinajstić information content (AvgIpc) is 3.12. The smallest absolute Gasteiger partial charge is 0.231 e. The second-order valence-electron chi connectivity index (χ2n) is 6.23. The zero-order chi connectivity index (χ0) is 15.1. The molecule has 0 spiro atoms. The highest BCUT2D eigenvalue weighted by atomic mass is 19.1. The molecule has 2 saturated heterocycles. The number of hydrogen-bond donors (Lipinski definition) is 0. The van der Waals surface area contributed by atoms with Crippen LogP contribution in [0, 0.1) is 11.7 Å². The SMILES string of the molecule is O=C1C2C=CC(C2)N1CN1CCOC(c2ccc(F)cc2)C1. The summed E-state index contributed by atoms with van der Waals surface area (Å²) in [6.45, 7) is 2.85. The molecule has 2 heterocycles. The van der Waals surface area contributed by atoms with Crippen LogP contribution in [-0.2, 0) is 9.53 Å². The number of benzene rings is 1. The van der Waals surface area contributed by atoms with Gasteiger partial charge in [0.1, 0.15) is 5.82 Å². The van der Waals surface area contributed by atoms with Gasteiger partial charge in [-0.05, 0) is 24.1 Å². The lowest BCUT2D eigenvalue weighted by atomic mass is 10.1. The maximum atomic E-state index is 13.0. The van der Waals surface area contributed by atoms with Gasteiger partial charge < -0.3 is 9.64 Å². The Kier molecular flexibility index (Phi) is 3.47. The topological polar surface area (TPSA) is 32.8 Å². The van der Waals surface area contributed by atoms with E-state index < -0.39 is 0 Å². The number of likely N-dealkylation sites (tertiary alicyclic amines) is 1. The lowest BCUT2D eigenvalue weighted by molar-refractivity contribution is -0.135. The normalized spacial score (nSPS) is 31.2. The molecular weight excluding hydrogens is 283 g/mol. The molecule has 0 radical (unpaired) electrons. The lowest BCUT2D eigenvalue weighted by Crippen LogP contribution is -2.48. The number of rotatable bonds is 3. The maximum absolute atomic E-state index is 13.0. The minimum Gasteiger partial charge on any atom is -0.371 e. The first-order valence-corrected chi connectivity index (χ1v) is 7.79. The van der Waals surface area contributed by atoms with Crippen LogP contribution in [0.15, 0.2) is 36.4 Å². The molecule has 116 valence electrons. The highest BCUT2D eigenvalue weighted by Gasteiger charge is 2.41. The number of ether oxygens (including phenoxy) is 1. The average molecular weight is 302 g/mol. The molecule has 4 rings (SSSR count). The number of morpholine rings is 1. The number of halogens is 1. The van der Waals surface area contributed by atoms with Crippen molar-refractivity contribution in [1.82, 2.24) is 9.80 Å². The third-order valence-electron chi connectivity index (χ3n) is 4.81. The molecule has 4 nitrogen and oxygen atoms in total. The van der Waals surface area contributed by atoms with Gasteiger partial charge in [0.15, 0.2) is 0 Å². The van der Waals surface area contributed by atoms with Crippen LogP contribution in [0.2, 0.25) is 0 Å². The number of nitrogens with zero attached hydrogens (tertiary/aromatic N) is 2. The van der Waals surface area contributed by atoms with E-state index in [4.69, 9.17) is 4.74 Å². The summed E-state index contributed by atoms with van der Waals surface area (Å²) in [5.74, 6) is 0.109. The van der Waals surface area contributed by atoms with Crippen molar-refractivity contribution in [1.29, 1.82) is 0 Å². The largest absolute Gasteiger partial charge is 0.371 e. The van der Waals surface area contributed by atoms with Crippen LogP contribution >= 0.6 is 0 Å². The van der Waals surface area contributed by atoms with Crippen molar-refractivity contribution < 1.29 is 13.9 Å². The summed E-state index contributed by atoms with van der Waals surface area (Å²) in [5.41, 5.74) is 0.986. The highest BCUT2D eigenvalue weighted by molar-refractivity contribution is 5.85. The van der Waals surface area contributed by atoms with Crippen LogP contribution in [-0.4, -0.2) is 48.1 Å². The Balaban J connectivity index is 1.42. The fourth-order valence-corrected chi connectivity index (χ4v) is 3.57. The van der Waals surface area contributed by atoms with Crippen LogP contribution in [0.3, 0.4) is 0 Å². The van der Waals surface area contributed by atoms with E-state index >= 15 is 0 Å². The molecule has 1 aliphatic carbocycles. The van der Waals surface area contributed by atoms with E-state index in [0.29, 0.717) is 13.3 Å². The van der Waals surface area contributed by atoms with Crippen LogP contribution < -0.4 is 0 Å². The molecule has 22 heavy (non-hydrogen) atoms. The van der Waals surface area contributed by atoms with Gasteiger partial charge in [-0.25, -0.2) is 4.39 Å². The summed E-state index contributed by atoms with van der Waals surface area (Å²) in [7, 11) is 0. The van der Waals surface area contributed by atoms with Gasteiger partial charge in [0.05, 0.1) is 31.3 Å². The fourth-order valence-electron chi connectivity index (χ4n) is 3.57. The summed E-state index contributed by atoms with van der Waals surface area (Å²) in [4.78, 5) is 16.4. The van der Waals surface area contributed by atoms with Crippen LogP contribution in [0.4, 0.5) is 4.39 Å². The Morgan fingerprint density at radius 3 is 2.77 bits per heavy atom. The zero-order valence-corrected chi connectivity index (χ0v) is 12.3. The Morgan fingerprint density at radius 2 is 2.05 bits per heavy atom. The van der Waals surface area contributed by atoms with Crippen molar-refractivity contribution in [3.8, 4) is 0 Å². The maximum Gasteiger partial charge on any atom is 0.231 e. The first-order chi connectivity index (χ1) is 10.7. The molecule has 3 aliphatic rings. The number of amides is 1. The molecule has 3 atom stereocenters. The van der Waals surface area contributed by atoms with E-state index in [9.17, 15) is 9.18 Å². The second kappa shape index (κ2) is 5.48. The van der Waals surface area contributed by atoms with Crippen molar-refractivity contribution in [2.24, 2.45) is 5.92 Å². The molecule has 0 saturated carbocycles. The van der Waals surface area contributed by atoms with Gasteiger partial charge in [-0.3, -0.25) is 9.69 Å². The first-order valence-electron chi connectivity index (χ1n) is 7.79. The monoisotopic (exact) mass is 302 g/mol. The second-order valence-corrected chi connectivity index (χ2v) is 6.23. The van der Waals surface area contributed by atoms with Crippen molar-refractivity contribution in [3.63, 3.8) is 0 Å². The van der Waals surface area contributed by atoms with Crippen molar-refractivity contribution in [2.75, 3.05) is 26.4 Å². The van der Waals surface area contributed by atoms with Crippen molar-refractivity contribution in [3.05, 3.63) is 47.8 Å². The summed E-state index contributed by atoms with van der Waals surface area (Å²) >= 11 is 0. The van der Waals surface area contributed by atoms with E-state index in [0.717, 1.165) is 25.1 Å². The molecule has 1 aromatic carbocycles. The number of carbonyl (C=O) groups is 1. The molecule has 2 aliphatic heterocycles. The van der Waals surface area contributed by atoms with Gasteiger partial charge in [0.2, 0.25) is 5.91 Å². The van der Waals surface area contributed by atoms with Gasteiger partial charge >= 0.3 is 0 Å². The molecule has 2 fully saturated rings. The Bertz CT molecular complexity index is 601. The number of carbonyl (C=O) groups excluding carboxylic acids is 1. The number of hydrogen-bond acceptors (Lipinski definition) is 3. The van der Waals surface area contributed by atoms with Gasteiger partial charge in [-0.1, -0.05) is 24.3 Å². The summed E-state index contributed by atoms with van der Waals surface area (Å²) in [6, 6.07) is 6.74. The van der Waals surface area contributed by atoms with Crippen LogP contribution in [0.25, 0.3) is 0 Å². The lowest BCUT2D eigenvalue weighted by Gasteiger charge is -2.37. The van der Waals surface area contributed by atoms with Crippen LogP contribution in [0.1, 0.15) is 18.1 Å². The molecule has 1 aromatic rings. The summed E-state index contributed by atoms with van der Waals surface area (Å²) < 4.78 is 18.8. The van der Waals surface area contributed by atoms with Gasteiger partial charge in [0.25, 0.3) is 0 Å². The van der Waals surface area contributed by atoms with Gasteiger partial charge in [-0.15, -0.1) is 0 Å². The summed E-state index contributed by atoms with van der Waals surface area (Å²) in [6.07, 6.45) is 5.05.